The number of rotatable bonds is 6. The molecule has 0 aliphatic carbocycles. The zero-order chi connectivity index (χ0) is 18.4. The van der Waals surface area contributed by atoms with Gasteiger partial charge in [-0.1, -0.05) is 30.3 Å². The van der Waals surface area contributed by atoms with Gasteiger partial charge in [0, 0.05) is 18.9 Å². The number of aromatic nitrogens is 2. The molecular formula is C20H20N4O2. The summed E-state index contributed by atoms with van der Waals surface area (Å²) in [6, 6.07) is 18.5. The van der Waals surface area contributed by atoms with Crippen molar-refractivity contribution in [2.75, 3.05) is 23.9 Å². The molecule has 0 aliphatic rings. The van der Waals surface area contributed by atoms with Gasteiger partial charge < -0.3 is 15.0 Å². The van der Waals surface area contributed by atoms with Crippen molar-refractivity contribution in [3.05, 3.63) is 72.6 Å². The van der Waals surface area contributed by atoms with Gasteiger partial charge in [0.05, 0.1) is 12.3 Å². The van der Waals surface area contributed by atoms with E-state index in [1.54, 1.807) is 24.2 Å². The summed E-state index contributed by atoms with van der Waals surface area (Å²) in [5.74, 6) is 0.834. The zero-order valence-electron chi connectivity index (χ0n) is 14.7. The Morgan fingerprint density at radius 2 is 1.81 bits per heavy atom. The fourth-order valence-electron chi connectivity index (χ4n) is 2.45. The van der Waals surface area contributed by atoms with Gasteiger partial charge in [0.15, 0.2) is 0 Å². The Hall–Kier alpha value is -3.41. The molecule has 0 atom stereocenters. The number of carbonyl (C=O) groups excluding carboxylic acids is 1. The SMILES string of the molecule is CCOc1ccccc1Nc1nccc(C(=O)N(C)c2ccccc2)n1. The molecule has 1 amide bonds. The van der Waals surface area contributed by atoms with Crippen molar-refractivity contribution in [2.45, 2.75) is 6.92 Å². The third-order valence-corrected chi connectivity index (χ3v) is 3.76. The minimum Gasteiger partial charge on any atom is -0.492 e. The molecule has 26 heavy (non-hydrogen) atoms. The smallest absolute Gasteiger partial charge is 0.276 e. The van der Waals surface area contributed by atoms with Crippen LogP contribution in [0.2, 0.25) is 0 Å². The number of carbonyl (C=O) groups is 1. The highest BCUT2D eigenvalue weighted by Gasteiger charge is 2.16. The van der Waals surface area contributed by atoms with Crippen LogP contribution in [0.15, 0.2) is 66.9 Å². The molecule has 132 valence electrons. The monoisotopic (exact) mass is 348 g/mol. The standard InChI is InChI=1S/C20H20N4O2/c1-3-26-18-12-8-7-11-16(18)22-20-21-14-13-17(23-20)19(25)24(2)15-9-5-4-6-10-15/h4-14H,3H2,1-2H3,(H,21,22,23). The van der Waals surface area contributed by atoms with Crippen molar-refractivity contribution in [1.29, 1.82) is 0 Å². The van der Waals surface area contributed by atoms with Gasteiger partial charge in [-0.05, 0) is 37.3 Å². The molecule has 0 unspecified atom stereocenters. The van der Waals surface area contributed by atoms with E-state index in [2.05, 4.69) is 15.3 Å². The number of hydrogen-bond acceptors (Lipinski definition) is 5. The van der Waals surface area contributed by atoms with Crippen molar-refractivity contribution >= 4 is 23.2 Å². The molecule has 0 aliphatic heterocycles. The van der Waals surface area contributed by atoms with Gasteiger partial charge in [-0.25, -0.2) is 9.97 Å². The number of para-hydroxylation sites is 3. The van der Waals surface area contributed by atoms with Crippen LogP contribution in [0.3, 0.4) is 0 Å². The fraction of sp³-hybridized carbons (Fsp3) is 0.150. The van der Waals surface area contributed by atoms with Crippen LogP contribution in [0.5, 0.6) is 5.75 Å². The van der Waals surface area contributed by atoms with Crippen LogP contribution in [0, 0.1) is 0 Å². The summed E-state index contributed by atoms with van der Waals surface area (Å²) in [7, 11) is 1.72. The summed E-state index contributed by atoms with van der Waals surface area (Å²) >= 11 is 0. The minimum absolute atomic E-state index is 0.209. The van der Waals surface area contributed by atoms with E-state index >= 15 is 0 Å². The van der Waals surface area contributed by atoms with E-state index in [4.69, 9.17) is 4.74 Å². The molecule has 6 heteroatoms. The second-order valence-electron chi connectivity index (χ2n) is 5.52. The molecule has 0 spiro atoms. The first-order chi connectivity index (χ1) is 12.7. The van der Waals surface area contributed by atoms with Crippen molar-refractivity contribution in [1.82, 2.24) is 9.97 Å². The number of benzene rings is 2. The summed E-state index contributed by atoms with van der Waals surface area (Å²) in [6.45, 7) is 2.48. The average molecular weight is 348 g/mol. The normalized spacial score (nSPS) is 10.2. The maximum Gasteiger partial charge on any atom is 0.276 e. The summed E-state index contributed by atoms with van der Waals surface area (Å²) in [5.41, 5.74) is 1.85. The maximum atomic E-state index is 12.7. The maximum absolute atomic E-state index is 12.7. The number of ether oxygens (including phenoxy) is 1. The highest BCUT2D eigenvalue weighted by molar-refractivity contribution is 6.04. The van der Waals surface area contributed by atoms with Gasteiger partial charge in [-0.15, -0.1) is 0 Å². The molecule has 1 N–H and O–H groups in total. The number of anilines is 3. The van der Waals surface area contributed by atoms with Gasteiger partial charge in [-0.2, -0.15) is 0 Å². The lowest BCUT2D eigenvalue weighted by molar-refractivity contribution is 0.0988. The van der Waals surface area contributed by atoms with Gasteiger partial charge in [0.1, 0.15) is 11.4 Å². The first-order valence-electron chi connectivity index (χ1n) is 8.34. The zero-order valence-corrected chi connectivity index (χ0v) is 14.7. The van der Waals surface area contributed by atoms with Gasteiger partial charge in [0.2, 0.25) is 5.95 Å². The number of hydrogen-bond donors (Lipinski definition) is 1. The first-order valence-corrected chi connectivity index (χ1v) is 8.34. The van der Waals surface area contributed by atoms with E-state index in [1.165, 1.54) is 0 Å². The van der Waals surface area contributed by atoms with E-state index in [1.807, 2.05) is 61.5 Å². The van der Waals surface area contributed by atoms with Crippen LogP contribution >= 0.6 is 0 Å². The highest BCUT2D eigenvalue weighted by atomic mass is 16.5. The molecule has 1 heterocycles. The van der Waals surface area contributed by atoms with Gasteiger partial charge >= 0.3 is 0 Å². The molecular weight excluding hydrogens is 328 g/mol. The summed E-state index contributed by atoms with van der Waals surface area (Å²) in [6.07, 6.45) is 1.56. The Kier molecular flexibility index (Phi) is 5.43. The lowest BCUT2D eigenvalue weighted by Gasteiger charge is -2.17. The fourth-order valence-corrected chi connectivity index (χ4v) is 2.45. The minimum atomic E-state index is -0.209. The third-order valence-electron chi connectivity index (χ3n) is 3.76. The number of amides is 1. The number of nitrogens with zero attached hydrogens (tertiary/aromatic N) is 3. The molecule has 0 fully saturated rings. The Morgan fingerprint density at radius 3 is 2.58 bits per heavy atom. The van der Waals surface area contributed by atoms with Crippen LogP contribution in [0.4, 0.5) is 17.3 Å². The molecule has 0 saturated carbocycles. The van der Waals surface area contributed by atoms with Crippen LogP contribution in [0.1, 0.15) is 17.4 Å². The molecule has 6 nitrogen and oxygen atoms in total. The van der Waals surface area contributed by atoms with E-state index in [0.717, 1.165) is 11.4 Å². The first kappa shape index (κ1) is 17.4. The van der Waals surface area contributed by atoms with Crippen molar-refractivity contribution in [3.63, 3.8) is 0 Å². The van der Waals surface area contributed by atoms with Crippen molar-refractivity contribution < 1.29 is 9.53 Å². The molecule has 3 rings (SSSR count). The van der Waals surface area contributed by atoms with Crippen LogP contribution in [-0.4, -0.2) is 29.5 Å². The van der Waals surface area contributed by atoms with Gasteiger partial charge in [-0.3, -0.25) is 4.79 Å². The second kappa shape index (κ2) is 8.11. The Morgan fingerprint density at radius 1 is 1.08 bits per heavy atom. The Labute approximate surface area is 152 Å². The van der Waals surface area contributed by atoms with Crippen molar-refractivity contribution in [3.8, 4) is 5.75 Å². The number of nitrogens with one attached hydrogen (secondary N) is 1. The van der Waals surface area contributed by atoms with E-state index in [-0.39, 0.29) is 5.91 Å². The third kappa shape index (κ3) is 3.97. The second-order valence-corrected chi connectivity index (χ2v) is 5.52. The van der Waals surface area contributed by atoms with Gasteiger partial charge in [0.25, 0.3) is 5.91 Å². The molecule has 0 saturated heterocycles. The quantitative estimate of drug-likeness (QED) is 0.732. The van der Waals surface area contributed by atoms with E-state index in [0.29, 0.717) is 24.0 Å². The summed E-state index contributed by atoms with van der Waals surface area (Å²) in [5, 5.41) is 3.11. The van der Waals surface area contributed by atoms with Crippen LogP contribution in [0.25, 0.3) is 0 Å². The molecule has 0 bridgehead atoms. The molecule has 1 aromatic heterocycles. The average Bonchev–Trinajstić information content (AvgIpc) is 2.69. The van der Waals surface area contributed by atoms with Crippen molar-refractivity contribution in [2.24, 2.45) is 0 Å². The highest BCUT2D eigenvalue weighted by Crippen LogP contribution is 2.26. The molecule has 3 aromatic rings. The van der Waals surface area contributed by atoms with Crippen LogP contribution < -0.4 is 15.0 Å². The molecule has 2 aromatic carbocycles. The topological polar surface area (TPSA) is 67.3 Å². The Bertz CT molecular complexity index is 884. The van der Waals surface area contributed by atoms with Crippen LogP contribution in [-0.2, 0) is 0 Å². The Balaban J connectivity index is 1.81. The lowest BCUT2D eigenvalue weighted by atomic mass is 10.2. The van der Waals surface area contributed by atoms with E-state index in [9.17, 15) is 4.79 Å². The van der Waals surface area contributed by atoms with E-state index < -0.39 is 0 Å². The predicted molar refractivity (Wildman–Crippen MR) is 102 cm³/mol. The summed E-state index contributed by atoms with van der Waals surface area (Å²) in [4.78, 5) is 22.8. The largest absolute Gasteiger partial charge is 0.492 e. The molecule has 0 radical (unpaired) electrons. The summed E-state index contributed by atoms with van der Waals surface area (Å²) < 4.78 is 5.59. The lowest BCUT2D eigenvalue weighted by Crippen LogP contribution is -2.27. The predicted octanol–water partition coefficient (Wildman–Crippen LogP) is 3.90.